The fraction of sp³-hybridized carbons (Fsp3) is 0.292. The molecule has 3 aromatic rings. The number of carbonyl (C=O) groups excluding carboxylic acids is 1. The molecular formula is C24H28N2O4. The molecule has 0 fully saturated rings. The van der Waals surface area contributed by atoms with Gasteiger partial charge in [-0.15, -0.1) is 0 Å². The maximum Gasteiger partial charge on any atom is 0.287 e. The number of methoxy groups -OCH3 is 2. The van der Waals surface area contributed by atoms with Gasteiger partial charge in [-0.05, 0) is 48.9 Å². The molecule has 1 amide bonds. The lowest BCUT2D eigenvalue weighted by Crippen LogP contribution is -2.25. The maximum atomic E-state index is 12.4. The van der Waals surface area contributed by atoms with Crippen molar-refractivity contribution in [3.8, 4) is 11.5 Å². The summed E-state index contributed by atoms with van der Waals surface area (Å²) in [4.78, 5) is 14.5. The van der Waals surface area contributed by atoms with E-state index in [9.17, 15) is 4.79 Å². The quantitative estimate of drug-likeness (QED) is 0.551. The van der Waals surface area contributed by atoms with E-state index in [0.29, 0.717) is 36.8 Å². The van der Waals surface area contributed by atoms with E-state index in [2.05, 4.69) is 22.3 Å². The number of benzene rings is 2. The molecule has 6 nitrogen and oxygen atoms in total. The van der Waals surface area contributed by atoms with Crippen molar-refractivity contribution in [3.63, 3.8) is 0 Å². The summed E-state index contributed by atoms with van der Waals surface area (Å²) < 4.78 is 16.3. The van der Waals surface area contributed by atoms with Gasteiger partial charge < -0.3 is 19.2 Å². The molecule has 2 aromatic carbocycles. The van der Waals surface area contributed by atoms with Crippen molar-refractivity contribution in [2.75, 3.05) is 27.8 Å². The number of hydrogen-bond donors (Lipinski definition) is 1. The van der Waals surface area contributed by atoms with Crippen LogP contribution in [0, 0.1) is 0 Å². The highest BCUT2D eigenvalue weighted by Gasteiger charge is 2.12. The third kappa shape index (κ3) is 5.87. The van der Waals surface area contributed by atoms with Crippen LogP contribution < -0.4 is 14.8 Å². The van der Waals surface area contributed by atoms with Gasteiger partial charge in [0.2, 0.25) is 0 Å². The average Bonchev–Trinajstić information content (AvgIpc) is 3.22. The zero-order valence-corrected chi connectivity index (χ0v) is 17.7. The summed E-state index contributed by atoms with van der Waals surface area (Å²) in [6.45, 7) is 1.94. The van der Waals surface area contributed by atoms with Crippen molar-refractivity contribution in [2.24, 2.45) is 0 Å². The Hall–Kier alpha value is -3.25. The monoisotopic (exact) mass is 408 g/mol. The van der Waals surface area contributed by atoms with E-state index in [-0.39, 0.29) is 5.91 Å². The van der Waals surface area contributed by atoms with E-state index < -0.39 is 0 Å². The fourth-order valence-corrected chi connectivity index (χ4v) is 3.25. The van der Waals surface area contributed by atoms with Gasteiger partial charge in [0, 0.05) is 13.1 Å². The number of ether oxygens (including phenoxy) is 2. The molecule has 0 unspecified atom stereocenters. The second-order valence-corrected chi connectivity index (χ2v) is 7.12. The Morgan fingerprint density at radius 2 is 1.70 bits per heavy atom. The van der Waals surface area contributed by atoms with Gasteiger partial charge in [-0.2, -0.15) is 0 Å². The van der Waals surface area contributed by atoms with Gasteiger partial charge in [0.15, 0.2) is 17.3 Å². The Labute approximate surface area is 177 Å². The lowest BCUT2D eigenvalue weighted by atomic mass is 10.1. The lowest BCUT2D eigenvalue weighted by Gasteiger charge is -2.15. The van der Waals surface area contributed by atoms with Crippen molar-refractivity contribution >= 4 is 5.91 Å². The first kappa shape index (κ1) is 21.5. The molecule has 0 spiro atoms. The number of hydrogen-bond acceptors (Lipinski definition) is 5. The summed E-state index contributed by atoms with van der Waals surface area (Å²) in [5.74, 6) is 2.23. The highest BCUT2D eigenvalue weighted by atomic mass is 16.5. The zero-order chi connectivity index (χ0) is 21.3. The van der Waals surface area contributed by atoms with E-state index in [1.165, 1.54) is 5.56 Å². The highest BCUT2D eigenvalue weighted by Crippen LogP contribution is 2.27. The molecule has 3 rings (SSSR count). The van der Waals surface area contributed by atoms with Crippen LogP contribution in [0.2, 0.25) is 0 Å². The van der Waals surface area contributed by atoms with E-state index in [4.69, 9.17) is 13.9 Å². The summed E-state index contributed by atoms with van der Waals surface area (Å²) >= 11 is 0. The summed E-state index contributed by atoms with van der Waals surface area (Å²) in [6, 6.07) is 19.6. The first-order valence-corrected chi connectivity index (χ1v) is 9.89. The molecule has 1 N–H and O–H groups in total. The van der Waals surface area contributed by atoms with Crippen molar-refractivity contribution in [2.45, 2.75) is 19.5 Å². The molecule has 0 aliphatic carbocycles. The molecule has 0 atom stereocenters. The predicted octanol–water partition coefficient (Wildman–Crippen LogP) is 3.90. The van der Waals surface area contributed by atoms with E-state index in [1.807, 2.05) is 49.5 Å². The van der Waals surface area contributed by atoms with Crippen LogP contribution in [-0.2, 0) is 19.5 Å². The number of carbonyl (C=O) groups is 1. The minimum absolute atomic E-state index is 0.215. The standard InChI is InChI=1S/C24H28N2O4/c1-26(16-19-7-5-4-6-8-19)17-20-10-12-22(30-20)24(27)25-14-13-18-9-11-21(28-2)23(15-18)29-3/h4-12,15H,13-14,16-17H2,1-3H3,(H,25,27). The SMILES string of the molecule is COc1ccc(CCNC(=O)c2ccc(CN(C)Cc3ccccc3)o2)cc1OC. The van der Waals surface area contributed by atoms with Crippen LogP contribution in [0.4, 0.5) is 0 Å². The molecular weight excluding hydrogens is 380 g/mol. The minimum atomic E-state index is -0.215. The van der Waals surface area contributed by atoms with Crippen molar-refractivity contribution < 1.29 is 18.7 Å². The second kappa shape index (κ2) is 10.5. The van der Waals surface area contributed by atoms with Crippen LogP contribution in [0.15, 0.2) is 65.1 Å². The first-order valence-electron chi connectivity index (χ1n) is 9.89. The Morgan fingerprint density at radius 3 is 2.43 bits per heavy atom. The Balaban J connectivity index is 1.48. The van der Waals surface area contributed by atoms with Gasteiger partial charge in [-0.1, -0.05) is 36.4 Å². The third-order valence-corrected chi connectivity index (χ3v) is 4.75. The number of amides is 1. The second-order valence-electron chi connectivity index (χ2n) is 7.12. The van der Waals surface area contributed by atoms with Gasteiger partial charge in [0.1, 0.15) is 5.76 Å². The van der Waals surface area contributed by atoms with E-state index in [1.54, 1.807) is 20.3 Å². The number of nitrogens with one attached hydrogen (secondary N) is 1. The van der Waals surface area contributed by atoms with Gasteiger partial charge in [-0.25, -0.2) is 0 Å². The van der Waals surface area contributed by atoms with Crippen molar-refractivity contribution in [1.29, 1.82) is 0 Å². The van der Waals surface area contributed by atoms with Crippen LogP contribution >= 0.6 is 0 Å². The molecule has 0 saturated heterocycles. The van der Waals surface area contributed by atoms with Gasteiger partial charge in [0.25, 0.3) is 5.91 Å². The number of furan rings is 1. The van der Waals surface area contributed by atoms with Crippen LogP contribution in [0.5, 0.6) is 11.5 Å². The Kier molecular flexibility index (Phi) is 7.51. The van der Waals surface area contributed by atoms with Gasteiger partial charge in [0.05, 0.1) is 20.8 Å². The molecule has 1 aromatic heterocycles. The molecule has 0 aliphatic heterocycles. The molecule has 0 saturated carbocycles. The fourth-order valence-electron chi connectivity index (χ4n) is 3.25. The number of nitrogens with zero attached hydrogens (tertiary/aromatic N) is 1. The van der Waals surface area contributed by atoms with Crippen LogP contribution in [-0.4, -0.2) is 38.6 Å². The largest absolute Gasteiger partial charge is 0.493 e. The number of rotatable bonds is 10. The van der Waals surface area contributed by atoms with Gasteiger partial charge in [-0.3, -0.25) is 9.69 Å². The van der Waals surface area contributed by atoms with Crippen molar-refractivity contribution in [3.05, 3.63) is 83.3 Å². The first-order chi connectivity index (χ1) is 14.6. The smallest absolute Gasteiger partial charge is 0.287 e. The zero-order valence-electron chi connectivity index (χ0n) is 17.7. The summed E-state index contributed by atoms with van der Waals surface area (Å²) in [7, 11) is 5.24. The summed E-state index contributed by atoms with van der Waals surface area (Å²) in [5, 5.41) is 2.90. The van der Waals surface area contributed by atoms with E-state index in [0.717, 1.165) is 17.9 Å². The van der Waals surface area contributed by atoms with Crippen LogP contribution in [0.1, 0.15) is 27.4 Å². The molecule has 1 heterocycles. The molecule has 0 bridgehead atoms. The summed E-state index contributed by atoms with van der Waals surface area (Å²) in [5.41, 5.74) is 2.29. The molecule has 158 valence electrons. The molecule has 6 heteroatoms. The maximum absolute atomic E-state index is 12.4. The minimum Gasteiger partial charge on any atom is -0.493 e. The van der Waals surface area contributed by atoms with Gasteiger partial charge >= 0.3 is 0 Å². The lowest BCUT2D eigenvalue weighted by molar-refractivity contribution is 0.0923. The van der Waals surface area contributed by atoms with Crippen molar-refractivity contribution in [1.82, 2.24) is 10.2 Å². The molecule has 0 aliphatic rings. The molecule has 30 heavy (non-hydrogen) atoms. The normalized spacial score (nSPS) is 10.8. The predicted molar refractivity (Wildman–Crippen MR) is 116 cm³/mol. The highest BCUT2D eigenvalue weighted by molar-refractivity contribution is 5.91. The summed E-state index contributed by atoms with van der Waals surface area (Å²) in [6.07, 6.45) is 0.680. The average molecular weight is 408 g/mol. The topological polar surface area (TPSA) is 63.9 Å². The van der Waals surface area contributed by atoms with Crippen LogP contribution in [0.25, 0.3) is 0 Å². The Morgan fingerprint density at radius 1 is 0.933 bits per heavy atom. The van der Waals surface area contributed by atoms with Crippen LogP contribution in [0.3, 0.4) is 0 Å². The van der Waals surface area contributed by atoms with E-state index >= 15 is 0 Å². The molecule has 0 radical (unpaired) electrons. The third-order valence-electron chi connectivity index (χ3n) is 4.75. The Bertz CT molecular complexity index is 953.